The van der Waals surface area contributed by atoms with Gasteiger partial charge in [-0.05, 0) is 38.8 Å². The minimum Gasteiger partial charge on any atom is -0.450 e. The van der Waals surface area contributed by atoms with Crippen molar-refractivity contribution >= 4 is 38.5 Å². The minimum absolute atomic E-state index is 0.143. The monoisotopic (exact) mass is 492 g/mol. The van der Waals surface area contributed by atoms with E-state index in [4.69, 9.17) is 4.74 Å². The van der Waals surface area contributed by atoms with Crippen LogP contribution in [-0.4, -0.2) is 60.8 Å². The van der Waals surface area contributed by atoms with E-state index in [0.29, 0.717) is 57.2 Å². The van der Waals surface area contributed by atoms with Gasteiger partial charge in [-0.15, -0.1) is 0 Å². The van der Waals surface area contributed by atoms with Gasteiger partial charge in [-0.2, -0.15) is 4.31 Å². The van der Waals surface area contributed by atoms with Crippen LogP contribution >= 0.6 is 11.3 Å². The number of nitrogens with one attached hydrogen (secondary N) is 1. The van der Waals surface area contributed by atoms with Crippen LogP contribution in [0, 0.1) is 12.8 Å². The van der Waals surface area contributed by atoms with E-state index in [1.807, 2.05) is 6.92 Å². The van der Waals surface area contributed by atoms with Gasteiger partial charge in [0.25, 0.3) is 0 Å². The number of hydrogen-bond donors (Lipinski definition) is 1. The molecule has 1 saturated heterocycles. The molecule has 2 aliphatic rings. The molecule has 0 spiro atoms. The molecule has 0 atom stereocenters. The largest absolute Gasteiger partial charge is 0.450 e. The highest BCUT2D eigenvalue weighted by atomic mass is 32.2. The SMILES string of the molecule is CCOC(=O)N1CCc2nc(NC(=O)C3CCN(S(=O)(=O)c4ccc(C)cc4)CC3)sc2C1. The molecule has 0 radical (unpaired) electrons. The summed E-state index contributed by atoms with van der Waals surface area (Å²) in [5, 5.41) is 3.41. The Kier molecular flexibility index (Phi) is 7.01. The van der Waals surface area contributed by atoms with E-state index in [9.17, 15) is 18.0 Å². The topological polar surface area (TPSA) is 109 Å². The molecular weight excluding hydrogens is 464 g/mol. The Bertz CT molecular complexity index is 1120. The third-order valence-electron chi connectivity index (χ3n) is 5.97. The zero-order valence-corrected chi connectivity index (χ0v) is 20.4. The highest BCUT2D eigenvalue weighted by Crippen LogP contribution is 2.30. The zero-order valence-electron chi connectivity index (χ0n) is 18.7. The number of sulfonamides is 1. The molecule has 2 amide bonds. The molecule has 4 rings (SSSR count). The summed E-state index contributed by atoms with van der Waals surface area (Å²) in [6.45, 7) is 5.59. The Morgan fingerprint density at radius 2 is 1.88 bits per heavy atom. The summed E-state index contributed by atoms with van der Waals surface area (Å²) in [6.07, 6.45) is 1.20. The van der Waals surface area contributed by atoms with Crippen molar-refractivity contribution < 1.29 is 22.7 Å². The van der Waals surface area contributed by atoms with Crippen molar-refractivity contribution in [3.8, 4) is 0 Å². The average molecular weight is 493 g/mol. The fourth-order valence-electron chi connectivity index (χ4n) is 4.04. The number of nitrogens with zero attached hydrogens (tertiary/aromatic N) is 3. The lowest BCUT2D eigenvalue weighted by molar-refractivity contribution is -0.120. The van der Waals surface area contributed by atoms with Gasteiger partial charge in [0.15, 0.2) is 5.13 Å². The van der Waals surface area contributed by atoms with Crippen molar-refractivity contribution in [2.75, 3.05) is 31.6 Å². The Labute approximate surface area is 197 Å². The van der Waals surface area contributed by atoms with E-state index in [1.165, 1.54) is 15.6 Å². The first-order valence-electron chi connectivity index (χ1n) is 11.1. The molecule has 11 heteroatoms. The number of piperidine rings is 1. The predicted octanol–water partition coefficient (Wildman–Crippen LogP) is 3.01. The number of thiazole rings is 1. The molecule has 2 aromatic rings. The molecule has 1 aromatic carbocycles. The maximum atomic E-state index is 12.9. The zero-order chi connectivity index (χ0) is 23.6. The van der Waals surface area contributed by atoms with Gasteiger partial charge in [0.2, 0.25) is 15.9 Å². The summed E-state index contributed by atoms with van der Waals surface area (Å²) in [5.41, 5.74) is 1.90. The van der Waals surface area contributed by atoms with Crippen molar-refractivity contribution in [3.05, 3.63) is 40.4 Å². The van der Waals surface area contributed by atoms with Gasteiger partial charge in [-0.25, -0.2) is 18.2 Å². The summed E-state index contributed by atoms with van der Waals surface area (Å²) in [4.78, 5) is 32.2. The first-order chi connectivity index (χ1) is 15.8. The Hall–Kier alpha value is -2.50. The maximum Gasteiger partial charge on any atom is 0.410 e. The highest BCUT2D eigenvalue weighted by Gasteiger charge is 2.33. The van der Waals surface area contributed by atoms with Crippen molar-refractivity contribution in [1.29, 1.82) is 0 Å². The van der Waals surface area contributed by atoms with Crippen molar-refractivity contribution in [1.82, 2.24) is 14.2 Å². The second-order valence-corrected chi connectivity index (χ2v) is 11.3. The number of anilines is 1. The number of benzene rings is 1. The molecular formula is C22H28N4O5S2. The molecule has 0 unspecified atom stereocenters. The van der Waals surface area contributed by atoms with Crippen LogP contribution in [-0.2, 0) is 32.5 Å². The third-order valence-corrected chi connectivity index (χ3v) is 8.88. The van der Waals surface area contributed by atoms with E-state index in [2.05, 4.69) is 10.3 Å². The Balaban J connectivity index is 1.33. The summed E-state index contributed by atoms with van der Waals surface area (Å²) in [6, 6.07) is 6.81. The summed E-state index contributed by atoms with van der Waals surface area (Å²) >= 11 is 1.37. The van der Waals surface area contributed by atoms with Crippen LogP contribution in [0.5, 0.6) is 0 Å². The van der Waals surface area contributed by atoms with Crippen molar-refractivity contribution in [2.24, 2.45) is 5.92 Å². The number of fused-ring (bicyclic) bond motifs is 1. The lowest BCUT2D eigenvalue weighted by Crippen LogP contribution is -2.41. The molecule has 9 nitrogen and oxygen atoms in total. The number of amides is 2. The van der Waals surface area contributed by atoms with Gasteiger partial charge >= 0.3 is 6.09 Å². The van der Waals surface area contributed by atoms with Crippen LogP contribution in [0.4, 0.5) is 9.93 Å². The Morgan fingerprint density at radius 3 is 2.55 bits per heavy atom. The van der Waals surface area contributed by atoms with Crippen molar-refractivity contribution in [2.45, 2.75) is 44.6 Å². The first kappa shape index (κ1) is 23.7. The van der Waals surface area contributed by atoms with Crippen LogP contribution in [0.2, 0.25) is 0 Å². The molecule has 0 saturated carbocycles. The number of carbonyl (C=O) groups is 2. The molecule has 1 aromatic heterocycles. The van der Waals surface area contributed by atoms with E-state index >= 15 is 0 Å². The smallest absolute Gasteiger partial charge is 0.410 e. The lowest BCUT2D eigenvalue weighted by Gasteiger charge is -2.30. The molecule has 178 valence electrons. The van der Waals surface area contributed by atoms with E-state index in [-0.39, 0.29) is 22.8 Å². The third kappa shape index (κ3) is 5.20. The van der Waals surface area contributed by atoms with Gasteiger partial charge in [0, 0.05) is 36.9 Å². The molecule has 33 heavy (non-hydrogen) atoms. The predicted molar refractivity (Wildman–Crippen MR) is 125 cm³/mol. The van der Waals surface area contributed by atoms with Gasteiger partial charge < -0.3 is 15.0 Å². The second-order valence-electron chi connectivity index (χ2n) is 8.24. The average Bonchev–Trinajstić information content (AvgIpc) is 3.21. The van der Waals surface area contributed by atoms with E-state index < -0.39 is 10.0 Å². The number of ether oxygens (including phenoxy) is 1. The quantitative estimate of drug-likeness (QED) is 0.687. The number of aryl methyl sites for hydroxylation is 1. The molecule has 1 N–H and O–H groups in total. The van der Waals surface area contributed by atoms with Crippen LogP contribution in [0.15, 0.2) is 29.2 Å². The standard InChI is InChI=1S/C22H28N4O5S2/c1-3-31-22(28)25-11-10-18-19(14-25)32-21(23-18)24-20(27)16-8-12-26(13-9-16)33(29,30)17-6-4-15(2)5-7-17/h4-7,16H,3,8-14H2,1-2H3,(H,23,24,27). The first-order valence-corrected chi connectivity index (χ1v) is 13.3. The molecule has 3 heterocycles. The fraction of sp³-hybridized carbons (Fsp3) is 0.500. The summed E-state index contributed by atoms with van der Waals surface area (Å²) in [5.74, 6) is -0.415. The Morgan fingerprint density at radius 1 is 1.18 bits per heavy atom. The number of hydrogen-bond acceptors (Lipinski definition) is 7. The molecule has 2 aliphatic heterocycles. The van der Waals surface area contributed by atoms with Crippen LogP contribution in [0.3, 0.4) is 0 Å². The number of rotatable bonds is 5. The second kappa shape index (κ2) is 9.78. The molecule has 0 bridgehead atoms. The van der Waals surface area contributed by atoms with Gasteiger partial charge in [-0.3, -0.25) is 4.79 Å². The normalized spacial score (nSPS) is 17.5. The van der Waals surface area contributed by atoms with E-state index in [1.54, 1.807) is 36.1 Å². The number of aromatic nitrogens is 1. The van der Waals surface area contributed by atoms with E-state index in [0.717, 1.165) is 16.1 Å². The maximum absolute atomic E-state index is 12.9. The fourth-order valence-corrected chi connectivity index (χ4v) is 6.54. The van der Waals surface area contributed by atoms with Crippen molar-refractivity contribution in [3.63, 3.8) is 0 Å². The van der Waals surface area contributed by atoms with Crippen LogP contribution in [0.25, 0.3) is 0 Å². The lowest BCUT2D eigenvalue weighted by atomic mass is 9.97. The summed E-state index contributed by atoms with van der Waals surface area (Å²) < 4.78 is 32.3. The van der Waals surface area contributed by atoms with Gasteiger partial charge in [0.05, 0.1) is 23.7 Å². The highest BCUT2D eigenvalue weighted by molar-refractivity contribution is 7.89. The van der Waals surface area contributed by atoms with Crippen LogP contribution in [0.1, 0.15) is 35.9 Å². The van der Waals surface area contributed by atoms with Gasteiger partial charge in [0.1, 0.15) is 0 Å². The molecule has 0 aliphatic carbocycles. The summed E-state index contributed by atoms with van der Waals surface area (Å²) in [7, 11) is -3.56. The van der Waals surface area contributed by atoms with Gasteiger partial charge in [-0.1, -0.05) is 29.0 Å². The van der Waals surface area contributed by atoms with Crippen LogP contribution < -0.4 is 5.32 Å². The molecule has 1 fully saturated rings. The minimum atomic E-state index is -3.56. The number of carbonyl (C=O) groups excluding carboxylic acids is 2.